The zero-order valence-corrected chi connectivity index (χ0v) is 9.32. The highest BCUT2D eigenvalue weighted by atomic mass is 32.2. The van der Waals surface area contributed by atoms with E-state index in [2.05, 4.69) is 19.9 Å². The SMILES string of the molecule is CSc1cc(-c2cncnc2C)ncn1. The van der Waals surface area contributed by atoms with Crippen molar-refractivity contribution in [3.05, 3.63) is 30.6 Å². The predicted molar refractivity (Wildman–Crippen MR) is 59.6 cm³/mol. The molecule has 0 N–H and O–H groups in total. The van der Waals surface area contributed by atoms with E-state index in [0.29, 0.717) is 0 Å². The molecule has 2 heterocycles. The fourth-order valence-electron chi connectivity index (χ4n) is 1.24. The fraction of sp³-hybridized carbons (Fsp3) is 0.200. The third-order valence-electron chi connectivity index (χ3n) is 2.04. The number of hydrogen-bond donors (Lipinski definition) is 0. The zero-order valence-electron chi connectivity index (χ0n) is 8.51. The van der Waals surface area contributed by atoms with Crippen molar-refractivity contribution in [2.24, 2.45) is 0 Å². The lowest BCUT2D eigenvalue weighted by atomic mass is 10.2. The average Bonchev–Trinajstić information content (AvgIpc) is 2.30. The minimum Gasteiger partial charge on any atom is -0.244 e. The molecule has 0 saturated heterocycles. The van der Waals surface area contributed by atoms with Gasteiger partial charge in [0.25, 0.3) is 0 Å². The highest BCUT2D eigenvalue weighted by Gasteiger charge is 2.05. The van der Waals surface area contributed by atoms with Crippen molar-refractivity contribution in [2.45, 2.75) is 11.9 Å². The molecule has 0 atom stereocenters. The molecule has 0 bridgehead atoms. The van der Waals surface area contributed by atoms with Gasteiger partial charge in [-0.25, -0.2) is 19.9 Å². The largest absolute Gasteiger partial charge is 0.244 e. The molecule has 0 fully saturated rings. The van der Waals surface area contributed by atoms with Crippen LogP contribution in [0.15, 0.2) is 29.9 Å². The van der Waals surface area contributed by atoms with E-state index in [1.165, 1.54) is 6.33 Å². The molecule has 0 aliphatic heterocycles. The second-order valence-corrected chi connectivity index (χ2v) is 3.79. The molecule has 2 aromatic rings. The maximum absolute atomic E-state index is 4.21. The number of rotatable bonds is 2. The summed E-state index contributed by atoms with van der Waals surface area (Å²) in [6, 6.07) is 1.94. The summed E-state index contributed by atoms with van der Waals surface area (Å²) in [4.78, 5) is 16.5. The van der Waals surface area contributed by atoms with E-state index in [-0.39, 0.29) is 0 Å². The molecule has 15 heavy (non-hydrogen) atoms. The molecule has 0 aliphatic carbocycles. The number of thioether (sulfide) groups is 1. The Hall–Kier alpha value is -1.49. The number of hydrogen-bond acceptors (Lipinski definition) is 5. The van der Waals surface area contributed by atoms with Gasteiger partial charge >= 0.3 is 0 Å². The minimum absolute atomic E-state index is 0.868. The smallest absolute Gasteiger partial charge is 0.117 e. The van der Waals surface area contributed by atoms with Gasteiger partial charge in [0, 0.05) is 11.8 Å². The third kappa shape index (κ3) is 2.12. The monoisotopic (exact) mass is 218 g/mol. The number of aromatic nitrogens is 4. The number of nitrogens with zero attached hydrogens (tertiary/aromatic N) is 4. The molecule has 0 radical (unpaired) electrons. The second-order valence-electron chi connectivity index (χ2n) is 2.97. The van der Waals surface area contributed by atoms with Crippen LogP contribution in [0.2, 0.25) is 0 Å². The summed E-state index contributed by atoms with van der Waals surface area (Å²) in [5, 5.41) is 0.947. The Bertz CT molecular complexity index is 472. The Morgan fingerprint density at radius 2 is 2.00 bits per heavy atom. The van der Waals surface area contributed by atoms with Crippen LogP contribution in [0, 0.1) is 6.92 Å². The van der Waals surface area contributed by atoms with Crippen LogP contribution in [0.1, 0.15) is 5.69 Å². The Labute approximate surface area is 92.2 Å². The quantitative estimate of drug-likeness (QED) is 0.569. The third-order valence-corrected chi connectivity index (χ3v) is 2.68. The molecule has 0 unspecified atom stereocenters. The van der Waals surface area contributed by atoms with Crippen molar-refractivity contribution in [1.82, 2.24) is 19.9 Å². The van der Waals surface area contributed by atoms with Gasteiger partial charge in [0.15, 0.2) is 0 Å². The second kappa shape index (κ2) is 4.35. The van der Waals surface area contributed by atoms with E-state index in [1.807, 2.05) is 19.2 Å². The molecule has 76 valence electrons. The molecular weight excluding hydrogens is 208 g/mol. The molecule has 0 saturated carbocycles. The van der Waals surface area contributed by atoms with E-state index < -0.39 is 0 Å². The van der Waals surface area contributed by atoms with Crippen molar-refractivity contribution < 1.29 is 0 Å². The zero-order chi connectivity index (χ0) is 10.7. The van der Waals surface area contributed by atoms with Crippen molar-refractivity contribution in [1.29, 1.82) is 0 Å². The van der Waals surface area contributed by atoms with Crippen molar-refractivity contribution in [3.63, 3.8) is 0 Å². The van der Waals surface area contributed by atoms with E-state index >= 15 is 0 Å². The van der Waals surface area contributed by atoms with Gasteiger partial charge in [0.2, 0.25) is 0 Å². The topological polar surface area (TPSA) is 51.6 Å². The van der Waals surface area contributed by atoms with Gasteiger partial charge in [-0.05, 0) is 19.2 Å². The van der Waals surface area contributed by atoms with Crippen LogP contribution >= 0.6 is 11.8 Å². The highest BCUT2D eigenvalue weighted by molar-refractivity contribution is 7.98. The standard InChI is InChI=1S/C10H10N4S/c1-7-8(4-11-5-12-7)9-3-10(15-2)14-6-13-9/h3-6H,1-2H3. The molecule has 2 rings (SSSR count). The van der Waals surface area contributed by atoms with Crippen LogP contribution < -0.4 is 0 Å². The van der Waals surface area contributed by atoms with Gasteiger partial charge < -0.3 is 0 Å². The van der Waals surface area contributed by atoms with Crippen molar-refractivity contribution >= 4 is 11.8 Å². The van der Waals surface area contributed by atoms with Crippen molar-refractivity contribution in [3.8, 4) is 11.3 Å². The highest BCUT2D eigenvalue weighted by Crippen LogP contribution is 2.21. The normalized spacial score (nSPS) is 10.3. The first-order chi connectivity index (χ1) is 7.31. The van der Waals surface area contributed by atoms with Crippen LogP contribution in [0.4, 0.5) is 0 Å². The summed E-state index contributed by atoms with van der Waals surface area (Å²) in [6.07, 6.45) is 6.86. The molecule has 2 aromatic heterocycles. The summed E-state index contributed by atoms with van der Waals surface area (Å²) in [6.45, 7) is 1.94. The summed E-state index contributed by atoms with van der Waals surface area (Å²) in [5.41, 5.74) is 2.75. The first-order valence-electron chi connectivity index (χ1n) is 4.44. The Morgan fingerprint density at radius 3 is 2.73 bits per heavy atom. The Morgan fingerprint density at radius 1 is 1.13 bits per heavy atom. The summed E-state index contributed by atoms with van der Waals surface area (Å²) in [7, 11) is 0. The first kappa shape index (κ1) is 10.0. The maximum Gasteiger partial charge on any atom is 0.117 e. The molecule has 0 spiro atoms. The first-order valence-corrected chi connectivity index (χ1v) is 5.66. The number of aryl methyl sites for hydroxylation is 1. The van der Waals surface area contributed by atoms with Crippen LogP contribution in [-0.2, 0) is 0 Å². The average molecular weight is 218 g/mol. The van der Waals surface area contributed by atoms with Gasteiger partial charge in [-0.3, -0.25) is 0 Å². The molecule has 0 amide bonds. The molecule has 0 aliphatic rings. The van der Waals surface area contributed by atoms with Gasteiger partial charge in [0.1, 0.15) is 12.7 Å². The van der Waals surface area contributed by atoms with Crippen LogP contribution in [0.3, 0.4) is 0 Å². The lowest BCUT2D eigenvalue weighted by molar-refractivity contribution is 1.04. The van der Waals surface area contributed by atoms with Gasteiger partial charge in [-0.15, -0.1) is 11.8 Å². The summed E-state index contributed by atoms with van der Waals surface area (Å²) in [5.74, 6) is 0. The summed E-state index contributed by atoms with van der Waals surface area (Å²) >= 11 is 1.59. The van der Waals surface area contributed by atoms with E-state index in [1.54, 1.807) is 24.3 Å². The molecule has 4 nitrogen and oxygen atoms in total. The molecule has 0 aromatic carbocycles. The maximum atomic E-state index is 4.21. The van der Waals surface area contributed by atoms with E-state index in [9.17, 15) is 0 Å². The molecular formula is C10H10N4S. The van der Waals surface area contributed by atoms with E-state index in [0.717, 1.165) is 22.0 Å². The predicted octanol–water partition coefficient (Wildman–Crippen LogP) is 1.96. The lowest BCUT2D eigenvalue weighted by Crippen LogP contribution is -1.92. The van der Waals surface area contributed by atoms with Gasteiger partial charge in [-0.2, -0.15) is 0 Å². The van der Waals surface area contributed by atoms with Crippen LogP contribution in [0.25, 0.3) is 11.3 Å². The fourth-order valence-corrected chi connectivity index (χ4v) is 1.62. The van der Waals surface area contributed by atoms with Crippen LogP contribution in [-0.4, -0.2) is 26.2 Å². The van der Waals surface area contributed by atoms with Crippen LogP contribution in [0.5, 0.6) is 0 Å². The minimum atomic E-state index is 0.868. The van der Waals surface area contributed by atoms with E-state index in [4.69, 9.17) is 0 Å². The Kier molecular flexibility index (Phi) is 2.91. The Balaban J connectivity index is 2.49. The van der Waals surface area contributed by atoms with Crippen molar-refractivity contribution in [2.75, 3.05) is 6.26 Å². The van der Waals surface area contributed by atoms with Gasteiger partial charge in [-0.1, -0.05) is 0 Å². The molecule has 5 heteroatoms. The van der Waals surface area contributed by atoms with Gasteiger partial charge in [0.05, 0.1) is 16.4 Å². The lowest BCUT2D eigenvalue weighted by Gasteiger charge is -2.03. The summed E-state index contributed by atoms with van der Waals surface area (Å²) < 4.78 is 0.